The summed E-state index contributed by atoms with van der Waals surface area (Å²) in [4.78, 5) is 19.7. The van der Waals surface area contributed by atoms with Gasteiger partial charge in [-0.1, -0.05) is 6.07 Å². The number of rotatable bonds is 6. The summed E-state index contributed by atoms with van der Waals surface area (Å²) in [5.41, 5.74) is 1.76. The Morgan fingerprint density at radius 3 is 2.83 bits per heavy atom. The number of benzene rings is 1. The van der Waals surface area contributed by atoms with Gasteiger partial charge in [-0.05, 0) is 31.5 Å². The summed E-state index contributed by atoms with van der Waals surface area (Å²) >= 11 is 1.43. The molecule has 1 aliphatic rings. The lowest BCUT2D eigenvalue weighted by Crippen LogP contribution is -2.33. The summed E-state index contributed by atoms with van der Waals surface area (Å²) in [5, 5.41) is 0.894. The maximum atomic E-state index is 12.9. The van der Waals surface area contributed by atoms with Crippen molar-refractivity contribution in [2.75, 3.05) is 27.1 Å². The Hall–Kier alpha value is -2.12. The number of carbonyl (C=O) groups excluding carboxylic acids is 1. The van der Waals surface area contributed by atoms with Crippen LogP contribution in [0.2, 0.25) is 0 Å². The number of aryl methyl sites for hydroxylation is 2. The molecule has 0 saturated heterocycles. The minimum Gasteiger partial charge on any atom is -0.454 e. The van der Waals surface area contributed by atoms with Crippen LogP contribution in [0.4, 0.5) is 0 Å². The SMILES string of the molecule is COCCN(Cc1ccc2c(c1)OCO2)C(=O)c1sc(C)nc1C. The van der Waals surface area contributed by atoms with Crippen molar-refractivity contribution >= 4 is 17.2 Å². The topological polar surface area (TPSA) is 60.9 Å². The summed E-state index contributed by atoms with van der Waals surface area (Å²) in [6.45, 7) is 5.49. The highest BCUT2D eigenvalue weighted by Crippen LogP contribution is 2.33. The summed E-state index contributed by atoms with van der Waals surface area (Å²) < 4.78 is 15.9. The number of carbonyl (C=O) groups is 1. The van der Waals surface area contributed by atoms with E-state index < -0.39 is 0 Å². The van der Waals surface area contributed by atoms with Crippen LogP contribution in [0.15, 0.2) is 18.2 Å². The van der Waals surface area contributed by atoms with Crippen molar-refractivity contribution in [3.63, 3.8) is 0 Å². The van der Waals surface area contributed by atoms with Gasteiger partial charge in [0.1, 0.15) is 4.88 Å². The van der Waals surface area contributed by atoms with Crippen LogP contribution in [0.3, 0.4) is 0 Å². The maximum absolute atomic E-state index is 12.9. The largest absolute Gasteiger partial charge is 0.454 e. The van der Waals surface area contributed by atoms with Crippen molar-refractivity contribution in [2.24, 2.45) is 0 Å². The number of aromatic nitrogens is 1. The van der Waals surface area contributed by atoms with E-state index in [1.165, 1.54) is 11.3 Å². The van der Waals surface area contributed by atoms with E-state index in [0.29, 0.717) is 24.6 Å². The summed E-state index contributed by atoms with van der Waals surface area (Å²) in [5.74, 6) is 1.44. The van der Waals surface area contributed by atoms with E-state index in [2.05, 4.69) is 4.98 Å². The fourth-order valence-corrected chi connectivity index (χ4v) is 3.47. The lowest BCUT2D eigenvalue weighted by molar-refractivity contribution is 0.0684. The Kier molecular flexibility index (Phi) is 5.01. The molecule has 2 heterocycles. The van der Waals surface area contributed by atoms with Crippen LogP contribution in [0.1, 0.15) is 25.9 Å². The predicted molar refractivity (Wildman–Crippen MR) is 90.8 cm³/mol. The molecule has 7 heteroatoms. The average molecular weight is 348 g/mol. The molecule has 0 unspecified atom stereocenters. The van der Waals surface area contributed by atoms with E-state index in [1.807, 2.05) is 32.0 Å². The van der Waals surface area contributed by atoms with E-state index in [0.717, 1.165) is 27.8 Å². The number of hydrogen-bond acceptors (Lipinski definition) is 6. The molecule has 0 spiro atoms. The van der Waals surface area contributed by atoms with Crippen molar-refractivity contribution < 1.29 is 19.0 Å². The molecule has 0 N–H and O–H groups in total. The summed E-state index contributed by atoms with van der Waals surface area (Å²) in [6, 6.07) is 5.74. The molecule has 0 saturated carbocycles. The molecule has 0 radical (unpaired) electrons. The first-order valence-corrected chi connectivity index (χ1v) is 8.51. The van der Waals surface area contributed by atoms with Crippen LogP contribution in [-0.4, -0.2) is 42.8 Å². The third kappa shape index (κ3) is 3.52. The molecule has 1 amide bonds. The molecular weight excluding hydrogens is 328 g/mol. The number of ether oxygens (including phenoxy) is 3. The number of methoxy groups -OCH3 is 1. The molecule has 128 valence electrons. The van der Waals surface area contributed by atoms with Crippen LogP contribution in [0.25, 0.3) is 0 Å². The third-order valence-corrected chi connectivity index (χ3v) is 4.82. The van der Waals surface area contributed by atoms with Crippen LogP contribution in [-0.2, 0) is 11.3 Å². The quantitative estimate of drug-likeness (QED) is 0.803. The first-order chi connectivity index (χ1) is 11.6. The molecule has 1 aromatic carbocycles. The van der Waals surface area contributed by atoms with Crippen molar-refractivity contribution in [3.8, 4) is 11.5 Å². The van der Waals surface area contributed by atoms with Crippen molar-refractivity contribution in [1.82, 2.24) is 9.88 Å². The zero-order valence-electron chi connectivity index (χ0n) is 14.0. The second-order valence-electron chi connectivity index (χ2n) is 5.55. The number of hydrogen-bond donors (Lipinski definition) is 0. The van der Waals surface area contributed by atoms with Gasteiger partial charge in [-0.25, -0.2) is 4.98 Å². The smallest absolute Gasteiger partial charge is 0.266 e. The van der Waals surface area contributed by atoms with Crippen LogP contribution in [0, 0.1) is 13.8 Å². The highest BCUT2D eigenvalue weighted by molar-refractivity contribution is 7.13. The van der Waals surface area contributed by atoms with Gasteiger partial charge < -0.3 is 19.1 Å². The predicted octanol–water partition coefficient (Wildman–Crippen LogP) is 2.78. The third-order valence-electron chi connectivity index (χ3n) is 3.76. The minimum atomic E-state index is -0.0205. The number of fused-ring (bicyclic) bond motifs is 1. The van der Waals surface area contributed by atoms with Crippen molar-refractivity contribution in [1.29, 1.82) is 0 Å². The standard InChI is InChI=1S/C17H20N2O4S/c1-11-16(24-12(2)18-11)17(20)19(6-7-21-3)9-13-4-5-14-15(8-13)23-10-22-14/h4-5,8H,6-7,9-10H2,1-3H3. The Balaban J connectivity index is 1.81. The Morgan fingerprint density at radius 1 is 1.33 bits per heavy atom. The van der Waals surface area contributed by atoms with Gasteiger partial charge in [0.05, 0.1) is 17.3 Å². The first-order valence-electron chi connectivity index (χ1n) is 7.69. The normalized spacial score (nSPS) is 12.5. The molecule has 0 atom stereocenters. The molecule has 24 heavy (non-hydrogen) atoms. The fourth-order valence-electron chi connectivity index (χ4n) is 2.59. The lowest BCUT2D eigenvalue weighted by Gasteiger charge is -2.22. The zero-order valence-corrected chi connectivity index (χ0v) is 14.8. The molecule has 6 nitrogen and oxygen atoms in total. The summed E-state index contributed by atoms with van der Waals surface area (Å²) in [6.07, 6.45) is 0. The zero-order chi connectivity index (χ0) is 17.1. The Bertz CT molecular complexity index is 744. The fraction of sp³-hybridized carbons (Fsp3) is 0.412. The van der Waals surface area contributed by atoms with E-state index in [9.17, 15) is 4.79 Å². The van der Waals surface area contributed by atoms with Gasteiger partial charge in [-0.3, -0.25) is 4.79 Å². The van der Waals surface area contributed by atoms with Gasteiger partial charge in [-0.15, -0.1) is 11.3 Å². The lowest BCUT2D eigenvalue weighted by atomic mass is 10.2. The van der Waals surface area contributed by atoms with E-state index in [-0.39, 0.29) is 12.7 Å². The van der Waals surface area contributed by atoms with Crippen LogP contribution >= 0.6 is 11.3 Å². The molecule has 2 aromatic rings. The average Bonchev–Trinajstić information content (AvgIpc) is 3.16. The number of amides is 1. The van der Waals surface area contributed by atoms with E-state index in [1.54, 1.807) is 12.0 Å². The monoisotopic (exact) mass is 348 g/mol. The molecule has 1 aliphatic heterocycles. The highest BCUT2D eigenvalue weighted by Gasteiger charge is 2.22. The van der Waals surface area contributed by atoms with Gasteiger partial charge in [0, 0.05) is 20.2 Å². The number of nitrogens with zero attached hydrogens (tertiary/aromatic N) is 2. The van der Waals surface area contributed by atoms with Crippen LogP contribution in [0.5, 0.6) is 11.5 Å². The van der Waals surface area contributed by atoms with Gasteiger partial charge in [0.25, 0.3) is 5.91 Å². The number of thiazole rings is 1. The molecule has 0 fully saturated rings. The molecular formula is C17H20N2O4S. The van der Waals surface area contributed by atoms with Crippen LogP contribution < -0.4 is 9.47 Å². The molecule has 1 aromatic heterocycles. The second kappa shape index (κ2) is 7.19. The van der Waals surface area contributed by atoms with E-state index >= 15 is 0 Å². The van der Waals surface area contributed by atoms with Crippen molar-refractivity contribution in [2.45, 2.75) is 20.4 Å². The van der Waals surface area contributed by atoms with Gasteiger partial charge in [0.15, 0.2) is 11.5 Å². The maximum Gasteiger partial charge on any atom is 0.266 e. The van der Waals surface area contributed by atoms with E-state index in [4.69, 9.17) is 14.2 Å². The molecule has 0 aliphatic carbocycles. The minimum absolute atomic E-state index is 0.0205. The van der Waals surface area contributed by atoms with Gasteiger partial charge in [-0.2, -0.15) is 0 Å². The first kappa shape index (κ1) is 16.7. The van der Waals surface area contributed by atoms with Crippen molar-refractivity contribution in [3.05, 3.63) is 39.3 Å². The Morgan fingerprint density at radius 2 is 2.12 bits per heavy atom. The Labute approximate surface area is 145 Å². The summed E-state index contributed by atoms with van der Waals surface area (Å²) in [7, 11) is 1.63. The van der Waals surface area contributed by atoms with Gasteiger partial charge >= 0.3 is 0 Å². The highest BCUT2D eigenvalue weighted by atomic mass is 32.1. The second-order valence-corrected chi connectivity index (χ2v) is 6.76. The molecule has 0 bridgehead atoms. The molecule has 3 rings (SSSR count). The van der Waals surface area contributed by atoms with Gasteiger partial charge in [0.2, 0.25) is 6.79 Å².